The zero-order chi connectivity index (χ0) is 18.7. The minimum Gasteiger partial charge on any atom is -0.508 e. The van der Waals surface area contributed by atoms with Gasteiger partial charge in [0.05, 0.1) is 0 Å². The van der Waals surface area contributed by atoms with E-state index in [1.54, 1.807) is 37.3 Å². The first-order valence-electron chi connectivity index (χ1n) is 8.43. The van der Waals surface area contributed by atoms with E-state index >= 15 is 0 Å². The van der Waals surface area contributed by atoms with Crippen LogP contribution in [0.5, 0.6) is 11.5 Å². The van der Waals surface area contributed by atoms with Crippen LogP contribution in [0.2, 0.25) is 0 Å². The summed E-state index contributed by atoms with van der Waals surface area (Å²) in [5, 5.41) is 30.1. The van der Waals surface area contributed by atoms with Gasteiger partial charge in [0.2, 0.25) is 0 Å². The van der Waals surface area contributed by atoms with Crippen LogP contribution >= 0.6 is 0 Å². The summed E-state index contributed by atoms with van der Waals surface area (Å²) in [5.41, 5.74) is 1.98. The van der Waals surface area contributed by atoms with E-state index in [0.29, 0.717) is 22.6 Å². The van der Waals surface area contributed by atoms with Crippen LogP contribution in [0.15, 0.2) is 54.0 Å². The molecule has 0 saturated heterocycles. The first-order valence-corrected chi connectivity index (χ1v) is 8.43. The highest BCUT2D eigenvalue weighted by atomic mass is 16.5. The van der Waals surface area contributed by atoms with Crippen LogP contribution in [0, 0.1) is 18.8 Å². The lowest BCUT2D eigenvalue weighted by molar-refractivity contribution is 0.291. The number of aromatic hydroxyl groups is 2. The molecule has 0 spiro atoms. The second-order valence-electron chi connectivity index (χ2n) is 6.46. The van der Waals surface area contributed by atoms with Gasteiger partial charge in [-0.05, 0) is 50.0 Å². The van der Waals surface area contributed by atoms with Crippen LogP contribution in [-0.2, 0) is 4.74 Å². The minimum atomic E-state index is -0.0665. The van der Waals surface area contributed by atoms with Gasteiger partial charge in [-0.25, -0.2) is 0 Å². The number of benzene rings is 1. The molecule has 1 aliphatic rings. The normalized spacial score (nSPS) is 21.1. The molecule has 4 nitrogen and oxygen atoms in total. The van der Waals surface area contributed by atoms with Crippen LogP contribution in [0.3, 0.4) is 0 Å². The molecule has 3 N–H and O–H groups in total. The number of hydrogen-bond acceptors (Lipinski definition) is 4. The quantitative estimate of drug-likeness (QED) is 0.499. The standard InChI is InChI=1S/C21H26O4/c1-6-12(3)21(15-9-18(23)14(5)19(24)10-15)25-20-11-16(22)8-13(4)17(20)7-2/h7-11,13,17,22-24H,2,6H2,1,3-5H3/b21-12-. The maximum absolute atomic E-state index is 10.1. The fraction of sp³-hybridized carbons (Fsp3) is 0.333. The van der Waals surface area contributed by atoms with Crippen LogP contribution in [0.1, 0.15) is 38.3 Å². The van der Waals surface area contributed by atoms with Gasteiger partial charge in [0.25, 0.3) is 0 Å². The van der Waals surface area contributed by atoms with Crippen molar-refractivity contribution in [3.63, 3.8) is 0 Å². The lowest BCUT2D eigenvalue weighted by atomic mass is 9.87. The molecule has 0 aromatic heterocycles. The monoisotopic (exact) mass is 342 g/mol. The second-order valence-corrected chi connectivity index (χ2v) is 6.46. The molecule has 4 heteroatoms. The van der Waals surface area contributed by atoms with E-state index in [0.717, 1.165) is 12.0 Å². The van der Waals surface area contributed by atoms with Crippen LogP contribution in [-0.4, -0.2) is 15.3 Å². The van der Waals surface area contributed by atoms with Gasteiger partial charge >= 0.3 is 0 Å². The Labute approximate surface area is 149 Å². The van der Waals surface area contributed by atoms with Crippen LogP contribution in [0.25, 0.3) is 5.76 Å². The Morgan fingerprint density at radius 2 is 1.84 bits per heavy atom. The number of aliphatic hydroxyl groups is 1. The van der Waals surface area contributed by atoms with E-state index in [1.807, 2.05) is 20.8 Å². The number of hydrogen-bond donors (Lipinski definition) is 3. The largest absolute Gasteiger partial charge is 0.508 e. The van der Waals surface area contributed by atoms with Gasteiger partial charge in [-0.15, -0.1) is 6.58 Å². The molecule has 0 radical (unpaired) electrons. The Kier molecular flexibility index (Phi) is 5.62. The molecule has 2 unspecified atom stereocenters. The van der Waals surface area contributed by atoms with Crippen LogP contribution in [0.4, 0.5) is 0 Å². The summed E-state index contributed by atoms with van der Waals surface area (Å²) < 4.78 is 6.17. The van der Waals surface area contributed by atoms with Gasteiger partial charge in [-0.1, -0.05) is 19.9 Å². The van der Waals surface area contributed by atoms with E-state index in [9.17, 15) is 15.3 Å². The van der Waals surface area contributed by atoms with Crippen molar-refractivity contribution in [3.8, 4) is 11.5 Å². The average molecular weight is 342 g/mol. The Balaban J connectivity index is 2.51. The molecule has 0 fully saturated rings. The molecule has 134 valence electrons. The molecule has 2 atom stereocenters. The maximum Gasteiger partial charge on any atom is 0.133 e. The highest BCUT2D eigenvalue weighted by molar-refractivity contribution is 5.68. The summed E-state index contributed by atoms with van der Waals surface area (Å²) in [5.74, 6) is 1.31. The third kappa shape index (κ3) is 3.90. The van der Waals surface area contributed by atoms with Gasteiger partial charge in [0.15, 0.2) is 0 Å². The van der Waals surface area contributed by atoms with E-state index < -0.39 is 0 Å². The molecule has 2 rings (SSSR count). The number of phenolic OH excluding ortho intramolecular Hbond substituents is 2. The van der Waals surface area contributed by atoms with Gasteiger partial charge in [-0.2, -0.15) is 0 Å². The minimum absolute atomic E-state index is 0.00834. The van der Waals surface area contributed by atoms with E-state index in [2.05, 4.69) is 6.58 Å². The van der Waals surface area contributed by atoms with Crippen molar-refractivity contribution >= 4 is 5.76 Å². The third-order valence-electron chi connectivity index (χ3n) is 4.63. The fourth-order valence-electron chi connectivity index (χ4n) is 2.84. The fourth-order valence-corrected chi connectivity index (χ4v) is 2.84. The van der Waals surface area contributed by atoms with Gasteiger partial charge in [-0.3, -0.25) is 0 Å². The molecular formula is C21H26O4. The summed E-state index contributed by atoms with van der Waals surface area (Å²) in [6, 6.07) is 3.16. The number of ether oxygens (including phenoxy) is 1. The Hall–Kier alpha value is -2.62. The van der Waals surface area contributed by atoms with Crippen molar-refractivity contribution in [2.75, 3.05) is 0 Å². The molecular weight excluding hydrogens is 316 g/mol. The maximum atomic E-state index is 10.1. The SMILES string of the molecule is C=CC1C(O/C(=C(/C)CC)c2cc(O)c(C)c(O)c2)=CC(O)=CC1C. The molecule has 0 bridgehead atoms. The third-order valence-corrected chi connectivity index (χ3v) is 4.63. The lowest BCUT2D eigenvalue weighted by Gasteiger charge is -2.27. The van der Waals surface area contributed by atoms with Gasteiger partial charge in [0, 0.05) is 23.1 Å². The molecule has 0 heterocycles. The van der Waals surface area contributed by atoms with Crippen molar-refractivity contribution < 1.29 is 20.1 Å². The number of phenols is 2. The smallest absolute Gasteiger partial charge is 0.133 e. The summed E-state index contributed by atoms with van der Waals surface area (Å²) in [4.78, 5) is 0. The van der Waals surface area contributed by atoms with Gasteiger partial charge < -0.3 is 20.1 Å². The van der Waals surface area contributed by atoms with Gasteiger partial charge in [0.1, 0.15) is 28.8 Å². The van der Waals surface area contributed by atoms with Crippen molar-refractivity contribution in [1.82, 2.24) is 0 Å². The Bertz CT molecular complexity index is 745. The summed E-state index contributed by atoms with van der Waals surface area (Å²) >= 11 is 0. The molecule has 1 aromatic carbocycles. The zero-order valence-electron chi connectivity index (χ0n) is 15.2. The predicted octanol–water partition coefficient (Wildman–Crippen LogP) is 5.34. The van der Waals surface area contributed by atoms with E-state index in [-0.39, 0.29) is 29.1 Å². The van der Waals surface area contributed by atoms with Crippen molar-refractivity contribution in [1.29, 1.82) is 0 Å². The average Bonchev–Trinajstić information content (AvgIpc) is 2.56. The van der Waals surface area contributed by atoms with Crippen molar-refractivity contribution in [2.24, 2.45) is 11.8 Å². The molecule has 0 amide bonds. The second kappa shape index (κ2) is 7.51. The first kappa shape index (κ1) is 18.7. The molecule has 1 aromatic rings. The Morgan fingerprint density at radius 1 is 1.24 bits per heavy atom. The van der Waals surface area contributed by atoms with Crippen molar-refractivity contribution in [3.05, 3.63) is 65.2 Å². The molecule has 25 heavy (non-hydrogen) atoms. The van der Waals surface area contributed by atoms with Crippen molar-refractivity contribution in [2.45, 2.75) is 34.1 Å². The summed E-state index contributed by atoms with van der Waals surface area (Å²) in [7, 11) is 0. The van der Waals surface area contributed by atoms with Crippen LogP contribution < -0.4 is 0 Å². The number of rotatable bonds is 5. The number of allylic oxidation sites excluding steroid dienone is 4. The number of aliphatic hydroxyl groups excluding tert-OH is 1. The Morgan fingerprint density at radius 3 is 2.36 bits per heavy atom. The zero-order valence-corrected chi connectivity index (χ0v) is 15.2. The summed E-state index contributed by atoms with van der Waals surface area (Å²) in [6.45, 7) is 11.4. The predicted molar refractivity (Wildman–Crippen MR) is 100 cm³/mol. The molecule has 0 saturated carbocycles. The first-order chi connectivity index (χ1) is 11.8. The van der Waals surface area contributed by atoms with E-state index in [1.165, 1.54) is 0 Å². The highest BCUT2D eigenvalue weighted by Crippen LogP contribution is 2.37. The highest BCUT2D eigenvalue weighted by Gasteiger charge is 2.25. The topological polar surface area (TPSA) is 69.9 Å². The lowest BCUT2D eigenvalue weighted by Crippen LogP contribution is -2.16. The molecule has 0 aliphatic heterocycles. The van der Waals surface area contributed by atoms with E-state index in [4.69, 9.17) is 4.74 Å². The summed E-state index contributed by atoms with van der Waals surface area (Å²) in [6.07, 6.45) is 5.89. The molecule has 1 aliphatic carbocycles.